The highest BCUT2D eigenvalue weighted by Gasteiger charge is 2.28. The molecule has 0 amide bonds. The summed E-state index contributed by atoms with van der Waals surface area (Å²) in [6.45, 7) is 15.6. The standard InChI is InChI=1S/C12H26NO2/c1-7-13(8-2,9-3)10-15-11(14)12(4,5)6/h7-10H2,1-6H3/q+1. The highest BCUT2D eigenvalue weighted by Crippen LogP contribution is 2.16. The first-order valence-electron chi connectivity index (χ1n) is 5.83. The lowest BCUT2D eigenvalue weighted by molar-refractivity contribution is -0.939. The first kappa shape index (κ1) is 14.4. The zero-order chi connectivity index (χ0) is 12.1. The van der Waals surface area contributed by atoms with Crippen LogP contribution in [0.4, 0.5) is 0 Å². The molecule has 3 heteroatoms. The van der Waals surface area contributed by atoms with Crippen LogP contribution in [0, 0.1) is 5.41 Å². The van der Waals surface area contributed by atoms with Gasteiger partial charge >= 0.3 is 5.97 Å². The van der Waals surface area contributed by atoms with E-state index in [2.05, 4.69) is 20.8 Å². The summed E-state index contributed by atoms with van der Waals surface area (Å²) in [6, 6.07) is 0. The number of hydrogen-bond donors (Lipinski definition) is 0. The maximum absolute atomic E-state index is 11.6. The van der Waals surface area contributed by atoms with E-state index in [0.29, 0.717) is 6.73 Å². The van der Waals surface area contributed by atoms with Gasteiger partial charge in [-0.3, -0.25) is 9.28 Å². The summed E-state index contributed by atoms with van der Waals surface area (Å²) in [5, 5.41) is 0. The third-order valence-corrected chi connectivity index (χ3v) is 3.09. The highest BCUT2D eigenvalue weighted by atomic mass is 16.5. The Hall–Kier alpha value is -0.570. The Morgan fingerprint density at radius 2 is 1.47 bits per heavy atom. The molecule has 0 N–H and O–H groups in total. The minimum Gasteiger partial charge on any atom is -0.415 e. The summed E-state index contributed by atoms with van der Waals surface area (Å²) in [5.74, 6) is -0.111. The molecule has 0 aliphatic carbocycles. The number of rotatable bonds is 5. The molecule has 0 saturated carbocycles. The van der Waals surface area contributed by atoms with Gasteiger partial charge < -0.3 is 4.74 Å². The van der Waals surface area contributed by atoms with Crippen LogP contribution < -0.4 is 0 Å². The first-order valence-corrected chi connectivity index (χ1v) is 5.83. The van der Waals surface area contributed by atoms with Crippen LogP contribution in [0.15, 0.2) is 0 Å². The molecule has 0 saturated heterocycles. The van der Waals surface area contributed by atoms with Crippen LogP contribution in [0.3, 0.4) is 0 Å². The van der Waals surface area contributed by atoms with Gasteiger partial charge in [0.2, 0.25) is 6.73 Å². The largest absolute Gasteiger partial charge is 0.415 e. The Labute approximate surface area is 94.0 Å². The molecule has 0 spiro atoms. The zero-order valence-electron chi connectivity index (χ0n) is 11.1. The average molecular weight is 216 g/mol. The molecule has 0 fully saturated rings. The molecule has 0 aliphatic heterocycles. The Kier molecular flexibility index (Phi) is 5.29. The van der Waals surface area contributed by atoms with Crippen LogP contribution >= 0.6 is 0 Å². The number of quaternary nitrogens is 1. The highest BCUT2D eigenvalue weighted by molar-refractivity contribution is 5.75. The summed E-state index contributed by atoms with van der Waals surface area (Å²) in [4.78, 5) is 11.6. The molecule has 0 bridgehead atoms. The second kappa shape index (κ2) is 5.50. The van der Waals surface area contributed by atoms with Crippen molar-refractivity contribution in [1.82, 2.24) is 0 Å². The molecule has 90 valence electrons. The predicted octanol–water partition coefficient (Wildman–Crippen LogP) is 2.41. The molecule has 0 aromatic heterocycles. The smallest absolute Gasteiger partial charge is 0.315 e. The zero-order valence-corrected chi connectivity index (χ0v) is 11.1. The summed E-state index contributed by atoms with van der Waals surface area (Å²) in [6.07, 6.45) is 0. The average Bonchev–Trinajstić information content (AvgIpc) is 2.19. The van der Waals surface area contributed by atoms with E-state index in [9.17, 15) is 4.79 Å². The van der Waals surface area contributed by atoms with Crippen LogP contribution in [0.5, 0.6) is 0 Å². The number of ether oxygens (including phenoxy) is 1. The Morgan fingerprint density at radius 1 is 1.07 bits per heavy atom. The number of nitrogens with zero attached hydrogens (tertiary/aromatic N) is 1. The van der Waals surface area contributed by atoms with Gasteiger partial charge in [-0.25, -0.2) is 0 Å². The van der Waals surface area contributed by atoms with E-state index in [-0.39, 0.29) is 5.97 Å². The molecule has 0 aromatic carbocycles. The molecule has 0 aromatic rings. The lowest BCUT2D eigenvalue weighted by Gasteiger charge is -2.35. The van der Waals surface area contributed by atoms with Crippen molar-refractivity contribution in [3.05, 3.63) is 0 Å². The molecule has 15 heavy (non-hydrogen) atoms. The molecule has 0 rings (SSSR count). The van der Waals surface area contributed by atoms with E-state index in [0.717, 1.165) is 24.1 Å². The monoisotopic (exact) mass is 216 g/mol. The van der Waals surface area contributed by atoms with Crippen molar-refractivity contribution in [2.24, 2.45) is 5.41 Å². The quantitative estimate of drug-likeness (QED) is 0.401. The molecule has 0 radical (unpaired) electrons. The fourth-order valence-corrected chi connectivity index (χ4v) is 1.36. The molecule has 0 atom stereocenters. The molecule has 0 heterocycles. The molecular weight excluding hydrogens is 190 g/mol. The number of hydrogen-bond acceptors (Lipinski definition) is 2. The van der Waals surface area contributed by atoms with Crippen LogP contribution in [0.25, 0.3) is 0 Å². The summed E-state index contributed by atoms with van der Waals surface area (Å²) in [5.41, 5.74) is -0.398. The van der Waals surface area contributed by atoms with E-state index in [1.54, 1.807) is 0 Å². The molecule has 0 aliphatic rings. The SMILES string of the molecule is CC[N+](CC)(CC)COC(=O)C(C)(C)C. The summed E-state index contributed by atoms with van der Waals surface area (Å²) in [7, 11) is 0. The summed E-state index contributed by atoms with van der Waals surface area (Å²) < 4.78 is 6.23. The van der Waals surface area contributed by atoms with E-state index in [1.165, 1.54) is 0 Å². The second-order valence-corrected chi connectivity index (χ2v) is 5.10. The van der Waals surface area contributed by atoms with Crippen molar-refractivity contribution < 1.29 is 14.0 Å². The summed E-state index contributed by atoms with van der Waals surface area (Å²) >= 11 is 0. The van der Waals surface area contributed by atoms with Crippen LogP contribution in [0.2, 0.25) is 0 Å². The fourth-order valence-electron chi connectivity index (χ4n) is 1.36. The lowest BCUT2D eigenvalue weighted by Crippen LogP contribution is -2.50. The van der Waals surface area contributed by atoms with Crippen LogP contribution in [-0.2, 0) is 9.53 Å². The van der Waals surface area contributed by atoms with Crippen LogP contribution in [0.1, 0.15) is 41.5 Å². The van der Waals surface area contributed by atoms with Gasteiger partial charge in [0.1, 0.15) is 0 Å². The van der Waals surface area contributed by atoms with Crippen molar-refractivity contribution in [3.63, 3.8) is 0 Å². The van der Waals surface area contributed by atoms with Gasteiger partial charge in [-0.1, -0.05) is 0 Å². The van der Waals surface area contributed by atoms with E-state index >= 15 is 0 Å². The maximum Gasteiger partial charge on any atom is 0.315 e. The van der Waals surface area contributed by atoms with Gasteiger partial charge in [-0.15, -0.1) is 0 Å². The fraction of sp³-hybridized carbons (Fsp3) is 0.917. The lowest BCUT2D eigenvalue weighted by atomic mass is 9.97. The normalized spacial score (nSPS) is 12.7. The van der Waals surface area contributed by atoms with Gasteiger partial charge in [0.15, 0.2) is 0 Å². The maximum atomic E-state index is 11.6. The van der Waals surface area contributed by atoms with Crippen molar-refractivity contribution in [2.45, 2.75) is 41.5 Å². The topological polar surface area (TPSA) is 26.3 Å². The minimum absolute atomic E-state index is 0.111. The van der Waals surface area contributed by atoms with Gasteiger partial charge in [0, 0.05) is 0 Å². The van der Waals surface area contributed by atoms with Crippen molar-refractivity contribution >= 4 is 5.97 Å². The third-order valence-electron chi connectivity index (χ3n) is 3.09. The third kappa shape index (κ3) is 4.20. The van der Waals surface area contributed by atoms with E-state index in [1.807, 2.05) is 20.8 Å². The number of carbonyl (C=O) groups is 1. The Bertz CT molecular complexity index is 194. The van der Waals surface area contributed by atoms with Gasteiger partial charge in [0.25, 0.3) is 0 Å². The van der Waals surface area contributed by atoms with E-state index in [4.69, 9.17) is 4.74 Å². The molecule has 3 nitrogen and oxygen atoms in total. The Balaban J connectivity index is 4.29. The Morgan fingerprint density at radius 3 is 1.73 bits per heavy atom. The minimum atomic E-state index is -0.398. The van der Waals surface area contributed by atoms with Crippen molar-refractivity contribution in [2.75, 3.05) is 26.4 Å². The van der Waals surface area contributed by atoms with E-state index < -0.39 is 5.41 Å². The van der Waals surface area contributed by atoms with Crippen LogP contribution in [-0.4, -0.2) is 36.8 Å². The first-order chi connectivity index (χ1) is 6.81. The number of esters is 1. The van der Waals surface area contributed by atoms with Gasteiger partial charge in [0.05, 0.1) is 25.0 Å². The van der Waals surface area contributed by atoms with Crippen molar-refractivity contribution in [3.8, 4) is 0 Å². The van der Waals surface area contributed by atoms with Crippen molar-refractivity contribution in [1.29, 1.82) is 0 Å². The second-order valence-electron chi connectivity index (χ2n) is 5.10. The van der Waals surface area contributed by atoms with Gasteiger partial charge in [-0.2, -0.15) is 0 Å². The number of carbonyl (C=O) groups excluding carboxylic acids is 1. The van der Waals surface area contributed by atoms with Gasteiger partial charge in [-0.05, 0) is 41.5 Å². The molecule has 0 unspecified atom stereocenters. The predicted molar refractivity (Wildman–Crippen MR) is 62.3 cm³/mol. The molecular formula is C12H26NO2+.